The van der Waals surface area contributed by atoms with Gasteiger partial charge in [0.15, 0.2) is 0 Å². The fraction of sp³-hybridized carbons (Fsp3) is 0.778. The van der Waals surface area contributed by atoms with E-state index in [1.54, 1.807) is 0 Å². The third-order valence-electron chi connectivity index (χ3n) is 2.44. The highest BCUT2D eigenvalue weighted by Gasteiger charge is 2.87. The van der Waals surface area contributed by atoms with Gasteiger partial charge in [-0.05, 0) is 0 Å². The van der Waals surface area contributed by atoms with Crippen molar-refractivity contribution in [3.8, 4) is 0 Å². The van der Waals surface area contributed by atoms with Crippen LogP contribution < -0.4 is 5.32 Å². The largest absolute Gasteiger partial charge is 0.465 e. The fourth-order valence-electron chi connectivity index (χ4n) is 1.26. The van der Waals surface area contributed by atoms with E-state index >= 15 is 0 Å². The van der Waals surface area contributed by atoms with E-state index in [0.717, 1.165) is 0 Å². The molecule has 0 radical (unpaired) electrons. The Hall–Kier alpha value is -1.73. The lowest BCUT2D eigenvalue weighted by Crippen LogP contribution is -2.75. The summed E-state index contributed by atoms with van der Waals surface area (Å²) in [6, 6.07) is 0. The second-order valence-corrected chi connectivity index (χ2v) is 4.10. The van der Waals surface area contributed by atoms with Crippen molar-refractivity contribution in [3.63, 3.8) is 0 Å². The number of aliphatic hydroxyl groups is 1. The fourth-order valence-corrected chi connectivity index (χ4v) is 1.26. The van der Waals surface area contributed by atoms with E-state index in [2.05, 4.69) is 4.74 Å². The van der Waals surface area contributed by atoms with Crippen molar-refractivity contribution in [1.29, 1.82) is 0 Å². The van der Waals surface area contributed by atoms with Gasteiger partial charge in [0.25, 0.3) is 0 Å². The van der Waals surface area contributed by atoms with Gasteiger partial charge < -0.3 is 15.2 Å². The first-order valence-electron chi connectivity index (χ1n) is 5.20. The van der Waals surface area contributed by atoms with Gasteiger partial charge in [0, 0.05) is 6.92 Å². The van der Waals surface area contributed by atoms with Crippen LogP contribution >= 0.6 is 0 Å². The topological polar surface area (TPSA) is 75.6 Å². The summed E-state index contributed by atoms with van der Waals surface area (Å²) in [6.07, 6.45) is -7.16. The average Bonchev–Trinajstić information content (AvgIpc) is 2.34. The predicted octanol–water partition coefficient (Wildman–Crippen LogP) is 1.45. The molecule has 23 heavy (non-hydrogen) atoms. The molecule has 0 saturated heterocycles. The number of nitrogens with one attached hydrogen (secondary N) is 1. The molecule has 1 amide bonds. The van der Waals surface area contributed by atoms with Gasteiger partial charge in [-0.2, -0.15) is 39.5 Å². The molecule has 14 heteroatoms. The van der Waals surface area contributed by atoms with Gasteiger partial charge in [0.05, 0.1) is 7.11 Å². The molecule has 1 atom stereocenters. The zero-order valence-corrected chi connectivity index (χ0v) is 11.1. The number of carbonyl (C=O) groups is 2. The van der Waals surface area contributed by atoms with Crippen molar-refractivity contribution in [2.75, 3.05) is 7.11 Å². The van der Waals surface area contributed by atoms with Gasteiger partial charge >= 0.3 is 35.6 Å². The van der Waals surface area contributed by atoms with Gasteiger partial charge in [0.2, 0.25) is 5.91 Å². The number of methoxy groups -OCH3 is 1. The Morgan fingerprint density at radius 2 is 1.26 bits per heavy atom. The van der Waals surface area contributed by atoms with Crippen molar-refractivity contribution in [2.24, 2.45) is 0 Å². The van der Waals surface area contributed by atoms with Crippen molar-refractivity contribution >= 4 is 11.9 Å². The lowest BCUT2D eigenvalue weighted by molar-refractivity contribution is -0.415. The zero-order valence-electron chi connectivity index (χ0n) is 11.1. The van der Waals surface area contributed by atoms with Crippen molar-refractivity contribution in [1.82, 2.24) is 5.32 Å². The number of carbonyl (C=O) groups excluding carboxylic acids is 2. The smallest absolute Gasteiger partial charge is 0.460 e. The first-order chi connectivity index (χ1) is 9.90. The minimum atomic E-state index is -7.36. The monoisotopic (exact) mass is 365 g/mol. The van der Waals surface area contributed by atoms with Gasteiger partial charge in [-0.15, -0.1) is 0 Å². The number of hydrogen-bond acceptors (Lipinski definition) is 4. The second-order valence-electron chi connectivity index (χ2n) is 4.10. The lowest BCUT2D eigenvalue weighted by Gasteiger charge is -2.40. The molecule has 5 nitrogen and oxygen atoms in total. The van der Waals surface area contributed by atoms with E-state index in [4.69, 9.17) is 0 Å². The zero-order chi connectivity index (χ0) is 19.1. The van der Waals surface area contributed by atoms with Crippen LogP contribution in [0.5, 0.6) is 0 Å². The van der Waals surface area contributed by atoms with E-state index in [1.165, 1.54) is 0 Å². The van der Waals surface area contributed by atoms with Crippen LogP contribution in [0.4, 0.5) is 39.5 Å². The van der Waals surface area contributed by atoms with Gasteiger partial charge in [-0.25, -0.2) is 4.79 Å². The van der Waals surface area contributed by atoms with Crippen molar-refractivity contribution < 1.29 is 58.9 Å². The Bertz CT molecular complexity index is 490. The van der Waals surface area contributed by atoms with E-state index < -0.39 is 41.5 Å². The minimum absolute atomic E-state index is 0.214. The van der Waals surface area contributed by atoms with Crippen LogP contribution in [0.3, 0.4) is 0 Å². The Balaban J connectivity index is 6.36. The number of esters is 1. The first kappa shape index (κ1) is 21.3. The number of rotatable bonds is 5. The van der Waals surface area contributed by atoms with Crippen molar-refractivity contribution in [2.45, 2.75) is 36.6 Å². The summed E-state index contributed by atoms with van der Waals surface area (Å²) in [4.78, 5) is 21.6. The van der Waals surface area contributed by atoms with Gasteiger partial charge in [-0.3, -0.25) is 4.79 Å². The van der Waals surface area contributed by atoms with Crippen LogP contribution in [-0.2, 0) is 14.3 Å². The number of halogens is 9. The molecule has 0 rings (SSSR count). The molecule has 0 fully saturated rings. The normalized spacial score (nSPS) is 16.5. The molecule has 2 N–H and O–H groups in total. The summed E-state index contributed by atoms with van der Waals surface area (Å²) in [5.74, 6) is -26.1. The van der Waals surface area contributed by atoms with Crippen LogP contribution in [0.1, 0.15) is 6.92 Å². The highest BCUT2D eigenvalue weighted by atomic mass is 19.4. The van der Waals surface area contributed by atoms with E-state index in [0.29, 0.717) is 5.32 Å². The van der Waals surface area contributed by atoms with Gasteiger partial charge in [0.1, 0.15) is 0 Å². The van der Waals surface area contributed by atoms with Crippen LogP contribution in [0.2, 0.25) is 0 Å². The number of amides is 1. The van der Waals surface area contributed by atoms with E-state index in [9.17, 15) is 54.2 Å². The molecule has 0 bridgehead atoms. The van der Waals surface area contributed by atoms with Gasteiger partial charge in [-0.1, -0.05) is 0 Å². The van der Waals surface area contributed by atoms with E-state index in [1.807, 2.05) is 0 Å². The van der Waals surface area contributed by atoms with E-state index in [-0.39, 0.29) is 14.0 Å². The number of ether oxygens (including phenoxy) is 1. The van der Waals surface area contributed by atoms with Crippen LogP contribution in [0, 0.1) is 0 Å². The standard InChI is InChI=1S/C9H8F9NO4/c1-3(20)19-5(22,4(21)23-2)6(10,11)7(12,13)8(14,15)9(16,17)18/h22H,1-2H3,(H,19,20). The second kappa shape index (κ2) is 5.72. The first-order valence-corrected chi connectivity index (χ1v) is 5.20. The maximum absolute atomic E-state index is 13.6. The van der Waals surface area contributed by atoms with Crippen LogP contribution in [0.15, 0.2) is 0 Å². The summed E-state index contributed by atoms with van der Waals surface area (Å²) in [5, 5.41) is 9.69. The molecule has 136 valence electrons. The predicted molar refractivity (Wildman–Crippen MR) is 51.7 cm³/mol. The molecular formula is C9H8F9NO4. The molecule has 0 heterocycles. The number of hydrogen-bond donors (Lipinski definition) is 2. The van der Waals surface area contributed by atoms with Crippen molar-refractivity contribution in [3.05, 3.63) is 0 Å². The molecule has 0 aromatic carbocycles. The lowest BCUT2D eigenvalue weighted by atomic mass is 9.93. The summed E-state index contributed by atoms with van der Waals surface area (Å²) >= 11 is 0. The third kappa shape index (κ3) is 3.03. The molecule has 0 aliphatic heterocycles. The molecule has 0 aliphatic carbocycles. The molecule has 0 aliphatic rings. The van der Waals surface area contributed by atoms with Crippen LogP contribution in [0.25, 0.3) is 0 Å². The Morgan fingerprint density at radius 3 is 1.52 bits per heavy atom. The summed E-state index contributed by atoms with van der Waals surface area (Å²) < 4.78 is 118. The van der Waals surface area contributed by atoms with Crippen LogP contribution in [-0.4, -0.2) is 53.8 Å². The Morgan fingerprint density at radius 1 is 0.870 bits per heavy atom. The average molecular weight is 365 g/mol. The SMILES string of the molecule is COC(=O)C(O)(NC(C)=O)C(F)(F)C(F)(F)C(F)(F)C(F)(F)F. The molecule has 0 spiro atoms. The minimum Gasteiger partial charge on any atom is -0.465 e. The molecule has 0 saturated carbocycles. The summed E-state index contributed by atoms with van der Waals surface area (Å²) in [5.41, 5.74) is -5.19. The Labute approximate surface area is 121 Å². The maximum atomic E-state index is 13.6. The Kier molecular flexibility index (Phi) is 5.29. The molecule has 0 aromatic rings. The molecule has 0 aromatic heterocycles. The summed E-state index contributed by atoms with van der Waals surface area (Å²) in [7, 11) is 0.214. The molecular weight excluding hydrogens is 357 g/mol. The third-order valence-corrected chi connectivity index (χ3v) is 2.44. The maximum Gasteiger partial charge on any atom is 0.460 e. The highest BCUT2D eigenvalue weighted by Crippen LogP contribution is 2.55. The highest BCUT2D eigenvalue weighted by molar-refractivity contribution is 5.86. The summed E-state index contributed by atoms with van der Waals surface area (Å²) in [6.45, 7) is 0.282. The molecule has 1 unspecified atom stereocenters. The quantitative estimate of drug-likeness (QED) is 0.439. The number of alkyl halides is 9.